The maximum Gasteiger partial charge on any atom is 0.338 e. The van der Waals surface area contributed by atoms with Crippen molar-refractivity contribution in [2.75, 3.05) is 24.7 Å². The van der Waals surface area contributed by atoms with E-state index in [0.717, 1.165) is 5.56 Å². The van der Waals surface area contributed by atoms with Crippen LogP contribution in [0.15, 0.2) is 88.4 Å². The molecule has 0 radical (unpaired) electrons. The van der Waals surface area contributed by atoms with E-state index >= 15 is 0 Å². The maximum atomic E-state index is 13.3. The Bertz CT molecular complexity index is 1270. The number of rotatable bonds is 9. The summed E-state index contributed by atoms with van der Waals surface area (Å²) >= 11 is 1.50. The fourth-order valence-electron chi connectivity index (χ4n) is 4.26. The second-order valence-corrected chi connectivity index (χ2v) is 11.2. The number of hydrogen-bond donors (Lipinski definition) is 0. The average molecular weight is 513 g/mol. The number of hydrogen-bond acceptors (Lipinski definition) is 8. The Morgan fingerprint density at radius 3 is 2.71 bits per heavy atom. The summed E-state index contributed by atoms with van der Waals surface area (Å²) in [5.41, 5.74) is 1.77. The van der Waals surface area contributed by atoms with Gasteiger partial charge < -0.3 is 14.4 Å². The Hall–Kier alpha value is -3.04. The van der Waals surface area contributed by atoms with E-state index in [2.05, 4.69) is 11.6 Å². The smallest absolute Gasteiger partial charge is 0.338 e. The van der Waals surface area contributed by atoms with Gasteiger partial charge in [-0.3, -0.25) is 0 Å². The van der Waals surface area contributed by atoms with Crippen molar-refractivity contribution < 1.29 is 22.7 Å². The first-order chi connectivity index (χ1) is 16.9. The molecule has 1 fully saturated rings. The lowest BCUT2D eigenvalue weighted by Gasteiger charge is -2.38. The van der Waals surface area contributed by atoms with Crippen molar-refractivity contribution in [3.05, 3.63) is 84.1 Å². The van der Waals surface area contributed by atoms with Crippen LogP contribution in [0.5, 0.6) is 5.75 Å². The van der Waals surface area contributed by atoms with Crippen LogP contribution in [0, 0.1) is 0 Å². The zero-order chi connectivity index (χ0) is 25.0. The summed E-state index contributed by atoms with van der Waals surface area (Å²) in [5.74, 6) is 0.614. The summed E-state index contributed by atoms with van der Waals surface area (Å²) in [5, 5.41) is 0.700. The summed E-state index contributed by atoms with van der Waals surface area (Å²) in [6.07, 6.45) is 1.66. The average Bonchev–Trinajstić information content (AvgIpc) is 3.23. The number of sulfone groups is 1. The molecule has 2 aromatic rings. The molecule has 1 saturated heterocycles. The molecule has 2 unspecified atom stereocenters. The van der Waals surface area contributed by atoms with E-state index in [1.54, 1.807) is 50.3 Å². The van der Waals surface area contributed by atoms with Crippen molar-refractivity contribution in [3.63, 3.8) is 0 Å². The van der Waals surface area contributed by atoms with E-state index < -0.39 is 21.8 Å². The fourth-order valence-corrected chi connectivity index (χ4v) is 7.19. The number of esters is 1. The van der Waals surface area contributed by atoms with Gasteiger partial charge in [0.15, 0.2) is 15.0 Å². The lowest BCUT2D eigenvalue weighted by Crippen LogP contribution is -2.45. The van der Waals surface area contributed by atoms with Gasteiger partial charge in [-0.25, -0.2) is 18.2 Å². The Morgan fingerprint density at radius 2 is 2.00 bits per heavy atom. The number of carbonyl (C=O) groups is 1. The standard InChI is InChI=1S/C26H28N2O5S2/c1-4-14-33-21-11-9-10-19(15-21)24-23(25(29)32-5-2)18(3)27-26-28(24)20(16-34-26)17-35(30,31)22-12-7-6-8-13-22/h4,6-13,15,20,24H,1,5,14,16-17H2,2-3H3. The number of amidine groups is 1. The van der Waals surface area contributed by atoms with Gasteiger partial charge in [-0.05, 0) is 43.7 Å². The largest absolute Gasteiger partial charge is 0.490 e. The predicted octanol–water partition coefficient (Wildman–Crippen LogP) is 4.39. The van der Waals surface area contributed by atoms with Crippen LogP contribution in [-0.4, -0.2) is 55.2 Å². The quantitative estimate of drug-likeness (QED) is 0.364. The molecule has 0 bridgehead atoms. The SMILES string of the molecule is C=CCOc1cccc(C2C(C(=O)OCC)=C(C)N=C3SCC(CS(=O)(=O)c4ccccc4)N32)c1. The van der Waals surface area contributed by atoms with Gasteiger partial charge in [0.2, 0.25) is 0 Å². The number of thioether (sulfide) groups is 1. The van der Waals surface area contributed by atoms with Crippen molar-refractivity contribution in [3.8, 4) is 5.75 Å². The van der Waals surface area contributed by atoms with Crippen molar-refractivity contribution in [1.82, 2.24) is 4.90 Å². The highest BCUT2D eigenvalue weighted by molar-refractivity contribution is 8.14. The van der Waals surface area contributed by atoms with Crippen LogP contribution >= 0.6 is 11.8 Å². The normalized spacial score (nSPS) is 19.7. The van der Waals surface area contributed by atoms with Crippen LogP contribution in [0.25, 0.3) is 0 Å². The Labute approximate surface area is 210 Å². The molecule has 0 aromatic heterocycles. The number of carbonyl (C=O) groups excluding carboxylic acids is 1. The number of nitrogens with zero attached hydrogens (tertiary/aromatic N) is 2. The molecule has 0 aliphatic carbocycles. The van der Waals surface area contributed by atoms with E-state index in [-0.39, 0.29) is 23.3 Å². The molecule has 0 saturated carbocycles. The van der Waals surface area contributed by atoms with E-state index in [1.807, 2.05) is 29.2 Å². The van der Waals surface area contributed by atoms with Gasteiger partial charge in [0.25, 0.3) is 0 Å². The minimum atomic E-state index is -3.56. The van der Waals surface area contributed by atoms with Crippen molar-refractivity contribution >= 4 is 32.7 Å². The fraction of sp³-hybridized carbons (Fsp3) is 0.308. The van der Waals surface area contributed by atoms with Crippen LogP contribution in [0.4, 0.5) is 0 Å². The molecule has 2 aliphatic rings. The second kappa shape index (κ2) is 10.7. The number of benzene rings is 2. The maximum absolute atomic E-state index is 13.3. The Kier molecular flexibility index (Phi) is 7.66. The van der Waals surface area contributed by atoms with E-state index in [9.17, 15) is 13.2 Å². The molecule has 184 valence electrons. The van der Waals surface area contributed by atoms with Crippen LogP contribution in [-0.2, 0) is 19.4 Å². The molecule has 7 nitrogen and oxygen atoms in total. The number of ether oxygens (including phenoxy) is 2. The van der Waals surface area contributed by atoms with Crippen molar-refractivity contribution in [1.29, 1.82) is 0 Å². The monoisotopic (exact) mass is 512 g/mol. The summed E-state index contributed by atoms with van der Waals surface area (Å²) < 4.78 is 37.6. The minimum absolute atomic E-state index is 0.0959. The molecule has 2 atom stereocenters. The highest BCUT2D eigenvalue weighted by atomic mass is 32.2. The van der Waals surface area contributed by atoms with E-state index in [0.29, 0.717) is 34.5 Å². The zero-order valence-corrected chi connectivity index (χ0v) is 21.3. The predicted molar refractivity (Wildman–Crippen MR) is 138 cm³/mol. The molecule has 2 heterocycles. The summed E-state index contributed by atoms with van der Waals surface area (Å²) in [4.78, 5) is 20.0. The molecular weight excluding hydrogens is 484 g/mol. The molecule has 4 rings (SSSR count). The van der Waals surface area contributed by atoms with Gasteiger partial charge >= 0.3 is 5.97 Å². The lowest BCUT2D eigenvalue weighted by atomic mass is 9.93. The Morgan fingerprint density at radius 1 is 1.23 bits per heavy atom. The van der Waals surface area contributed by atoms with Gasteiger partial charge in [-0.1, -0.05) is 54.7 Å². The summed E-state index contributed by atoms with van der Waals surface area (Å²) in [6.45, 7) is 7.80. The first kappa shape index (κ1) is 25.1. The van der Waals surface area contributed by atoms with Gasteiger partial charge in [0, 0.05) is 5.75 Å². The number of aliphatic imine (C=N–C) groups is 1. The molecule has 0 N–H and O–H groups in total. The third-order valence-electron chi connectivity index (χ3n) is 5.77. The third-order valence-corrected chi connectivity index (χ3v) is 8.70. The van der Waals surface area contributed by atoms with Crippen LogP contribution in [0.2, 0.25) is 0 Å². The molecule has 0 spiro atoms. The third kappa shape index (κ3) is 5.31. The number of fused-ring (bicyclic) bond motifs is 1. The highest BCUT2D eigenvalue weighted by Gasteiger charge is 2.45. The van der Waals surface area contributed by atoms with Gasteiger partial charge in [0.1, 0.15) is 12.4 Å². The summed E-state index contributed by atoms with van der Waals surface area (Å²) in [6, 6.07) is 15.0. The summed E-state index contributed by atoms with van der Waals surface area (Å²) in [7, 11) is -3.56. The first-order valence-corrected chi connectivity index (χ1v) is 14.0. The van der Waals surface area contributed by atoms with Crippen LogP contribution in [0.1, 0.15) is 25.5 Å². The highest BCUT2D eigenvalue weighted by Crippen LogP contribution is 2.44. The van der Waals surface area contributed by atoms with E-state index in [1.165, 1.54) is 11.8 Å². The van der Waals surface area contributed by atoms with Gasteiger partial charge in [0.05, 0.1) is 40.6 Å². The minimum Gasteiger partial charge on any atom is -0.490 e. The molecule has 2 aromatic carbocycles. The molecule has 9 heteroatoms. The molecule has 35 heavy (non-hydrogen) atoms. The van der Waals surface area contributed by atoms with Crippen LogP contribution < -0.4 is 4.74 Å². The first-order valence-electron chi connectivity index (χ1n) is 11.3. The zero-order valence-electron chi connectivity index (χ0n) is 19.7. The number of allylic oxidation sites excluding steroid dienone is 1. The van der Waals surface area contributed by atoms with Crippen LogP contribution in [0.3, 0.4) is 0 Å². The molecular formula is C26H28N2O5S2. The van der Waals surface area contributed by atoms with Crippen molar-refractivity contribution in [2.45, 2.75) is 30.8 Å². The van der Waals surface area contributed by atoms with Crippen molar-refractivity contribution in [2.24, 2.45) is 4.99 Å². The molecule has 0 amide bonds. The Balaban J connectivity index is 1.76. The topological polar surface area (TPSA) is 85.3 Å². The van der Waals surface area contributed by atoms with E-state index in [4.69, 9.17) is 9.47 Å². The second-order valence-electron chi connectivity index (χ2n) is 8.16. The van der Waals surface area contributed by atoms with Gasteiger partial charge in [-0.15, -0.1) is 0 Å². The molecule has 2 aliphatic heterocycles. The van der Waals surface area contributed by atoms with Gasteiger partial charge in [-0.2, -0.15) is 0 Å². The lowest BCUT2D eigenvalue weighted by molar-refractivity contribution is -0.139.